The molecule has 0 radical (unpaired) electrons. The average molecular weight is 409 g/mol. The van der Waals surface area contributed by atoms with Crippen LogP contribution < -0.4 is 9.62 Å². The van der Waals surface area contributed by atoms with Gasteiger partial charge in [0, 0.05) is 5.69 Å². The third-order valence-corrected chi connectivity index (χ3v) is 6.35. The van der Waals surface area contributed by atoms with Crippen LogP contribution in [0.5, 0.6) is 0 Å². The summed E-state index contributed by atoms with van der Waals surface area (Å²) in [6.07, 6.45) is 0.764. The quantitative estimate of drug-likeness (QED) is 0.630. The van der Waals surface area contributed by atoms with Gasteiger partial charge in [0.2, 0.25) is 5.91 Å². The van der Waals surface area contributed by atoms with Gasteiger partial charge in [-0.05, 0) is 54.8 Å². The highest BCUT2D eigenvalue weighted by atomic mass is 32.2. The molecular formula is C23H24N2O3S. The minimum atomic E-state index is -3.91. The summed E-state index contributed by atoms with van der Waals surface area (Å²) in [4.78, 5) is 12.9. The van der Waals surface area contributed by atoms with E-state index in [0.29, 0.717) is 11.4 Å². The molecule has 6 heteroatoms. The molecule has 0 unspecified atom stereocenters. The average Bonchev–Trinajstić information content (AvgIpc) is 2.73. The maximum Gasteiger partial charge on any atom is 0.264 e. The molecule has 0 aliphatic heterocycles. The summed E-state index contributed by atoms with van der Waals surface area (Å²) in [5.41, 5.74) is 2.96. The highest BCUT2D eigenvalue weighted by Crippen LogP contribution is 2.24. The normalized spacial score (nSPS) is 11.1. The standard InChI is InChI=1S/C23H24N2O3S/c1-3-19-11-7-8-15-22(19)24-23(26)17-25(20-12-5-4-6-13-20)29(27,28)21-14-9-10-18(2)16-21/h4-16H,3,17H2,1-2H3,(H,24,26). The van der Waals surface area contributed by atoms with E-state index >= 15 is 0 Å². The van der Waals surface area contributed by atoms with E-state index in [1.807, 2.05) is 44.2 Å². The molecule has 0 spiro atoms. The lowest BCUT2D eigenvalue weighted by Gasteiger charge is -2.24. The molecule has 3 aromatic rings. The molecule has 0 aliphatic carbocycles. The summed E-state index contributed by atoms with van der Waals surface area (Å²) < 4.78 is 27.8. The van der Waals surface area contributed by atoms with Crippen LogP contribution in [0.4, 0.5) is 11.4 Å². The number of anilines is 2. The molecule has 0 aromatic heterocycles. The summed E-state index contributed by atoms with van der Waals surface area (Å²) in [5.74, 6) is -0.397. The predicted molar refractivity (Wildman–Crippen MR) is 117 cm³/mol. The van der Waals surface area contributed by atoms with Crippen molar-refractivity contribution >= 4 is 27.3 Å². The molecule has 0 saturated heterocycles. The number of carbonyl (C=O) groups is 1. The Morgan fingerprint density at radius 1 is 0.931 bits per heavy atom. The van der Waals surface area contributed by atoms with Gasteiger partial charge in [-0.15, -0.1) is 0 Å². The third kappa shape index (κ3) is 4.84. The number of amides is 1. The predicted octanol–water partition coefficient (Wildman–Crippen LogP) is 4.39. The first-order chi connectivity index (χ1) is 13.9. The van der Waals surface area contributed by atoms with E-state index in [9.17, 15) is 13.2 Å². The number of benzene rings is 3. The SMILES string of the molecule is CCc1ccccc1NC(=O)CN(c1ccccc1)S(=O)(=O)c1cccc(C)c1. The van der Waals surface area contributed by atoms with Crippen LogP contribution in [0.3, 0.4) is 0 Å². The van der Waals surface area contributed by atoms with Crippen molar-refractivity contribution in [1.29, 1.82) is 0 Å². The highest BCUT2D eigenvalue weighted by Gasteiger charge is 2.27. The van der Waals surface area contributed by atoms with Crippen molar-refractivity contribution < 1.29 is 13.2 Å². The summed E-state index contributed by atoms with van der Waals surface area (Å²) in [5, 5.41) is 2.85. The van der Waals surface area contributed by atoms with Gasteiger partial charge in [0.05, 0.1) is 10.6 Å². The minimum absolute atomic E-state index is 0.156. The maximum atomic E-state index is 13.3. The van der Waals surface area contributed by atoms with Crippen molar-refractivity contribution in [2.45, 2.75) is 25.2 Å². The Morgan fingerprint density at radius 3 is 2.31 bits per heavy atom. The molecular weight excluding hydrogens is 384 g/mol. The molecule has 1 amide bonds. The van der Waals surface area contributed by atoms with Gasteiger partial charge in [0.1, 0.15) is 6.54 Å². The van der Waals surface area contributed by atoms with E-state index in [4.69, 9.17) is 0 Å². The van der Waals surface area contributed by atoms with E-state index in [1.165, 1.54) is 0 Å². The van der Waals surface area contributed by atoms with Crippen molar-refractivity contribution in [3.8, 4) is 0 Å². The number of nitrogens with zero attached hydrogens (tertiary/aromatic N) is 1. The first kappa shape index (κ1) is 20.6. The van der Waals surface area contributed by atoms with Crippen LogP contribution in [0.1, 0.15) is 18.1 Å². The zero-order valence-corrected chi connectivity index (χ0v) is 17.3. The Hall–Kier alpha value is -3.12. The van der Waals surface area contributed by atoms with E-state index in [-0.39, 0.29) is 11.4 Å². The summed E-state index contributed by atoms with van der Waals surface area (Å²) >= 11 is 0. The van der Waals surface area contributed by atoms with Gasteiger partial charge in [-0.25, -0.2) is 8.42 Å². The second-order valence-electron chi connectivity index (χ2n) is 6.72. The molecule has 150 valence electrons. The molecule has 0 atom stereocenters. The molecule has 0 saturated carbocycles. The van der Waals surface area contributed by atoms with Gasteiger partial charge in [0.15, 0.2) is 0 Å². The fraction of sp³-hybridized carbons (Fsp3) is 0.174. The number of hydrogen-bond acceptors (Lipinski definition) is 3. The molecule has 1 N–H and O–H groups in total. The monoisotopic (exact) mass is 408 g/mol. The largest absolute Gasteiger partial charge is 0.324 e. The van der Waals surface area contributed by atoms with Crippen molar-refractivity contribution in [3.63, 3.8) is 0 Å². The van der Waals surface area contributed by atoms with Crippen LogP contribution >= 0.6 is 0 Å². The molecule has 5 nitrogen and oxygen atoms in total. The summed E-state index contributed by atoms with van der Waals surface area (Å²) in [6, 6.07) is 22.9. The number of carbonyl (C=O) groups excluding carboxylic acids is 1. The number of hydrogen-bond donors (Lipinski definition) is 1. The van der Waals surface area contributed by atoms with Crippen LogP contribution in [0.15, 0.2) is 83.8 Å². The van der Waals surface area contributed by atoms with Crippen LogP contribution in [0.2, 0.25) is 0 Å². The van der Waals surface area contributed by atoms with Gasteiger partial charge in [0.25, 0.3) is 10.0 Å². The van der Waals surface area contributed by atoms with Gasteiger partial charge in [-0.3, -0.25) is 9.10 Å². The van der Waals surface area contributed by atoms with Gasteiger partial charge < -0.3 is 5.32 Å². The smallest absolute Gasteiger partial charge is 0.264 e. The van der Waals surface area contributed by atoms with Crippen molar-refractivity contribution in [2.75, 3.05) is 16.2 Å². The van der Waals surface area contributed by atoms with E-state index in [0.717, 1.165) is 21.9 Å². The minimum Gasteiger partial charge on any atom is -0.324 e. The second-order valence-corrected chi connectivity index (χ2v) is 8.58. The maximum absolute atomic E-state index is 13.3. The lowest BCUT2D eigenvalue weighted by molar-refractivity contribution is -0.114. The molecule has 3 aromatic carbocycles. The van der Waals surface area contributed by atoms with Crippen molar-refractivity contribution in [3.05, 3.63) is 90.0 Å². The van der Waals surface area contributed by atoms with Gasteiger partial charge >= 0.3 is 0 Å². The van der Waals surface area contributed by atoms with Gasteiger partial charge in [-0.2, -0.15) is 0 Å². The summed E-state index contributed by atoms with van der Waals surface area (Å²) in [6.45, 7) is 3.52. The van der Waals surface area contributed by atoms with Crippen LogP contribution in [-0.4, -0.2) is 20.9 Å². The highest BCUT2D eigenvalue weighted by molar-refractivity contribution is 7.92. The number of rotatable bonds is 7. The Kier molecular flexibility index (Phi) is 6.34. The van der Waals surface area contributed by atoms with Crippen LogP contribution in [0, 0.1) is 6.92 Å². The molecule has 29 heavy (non-hydrogen) atoms. The van der Waals surface area contributed by atoms with Crippen molar-refractivity contribution in [1.82, 2.24) is 0 Å². The Balaban J connectivity index is 1.94. The van der Waals surface area contributed by atoms with E-state index in [2.05, 4.69) is 5.32 Å². The first-order valence-corrected chi connectivity index (χ1v) is 10.9. The van der Waals surface area contributed by atoms with Crippen LogP contribution in [-0.2, 0) is 21.2 Å². The lowest BCUT2D eigenvalue weighted by atomic mass is 10.1. The lowest BCUT2D eigenvalue weighted by Crippen LogP contribution is -2.38. The molecule has 0 bridgehead atoms. The molecule has 3 rings (SSSR count). The van der Waals surface area contributed by atoms with Crippen molar-refractivity contribution in [2.24, 2.45) is 0 Å². The topological polar surface area (TPSA) is 66.5 Å². The fourth-order valence-electron chi connectivity index (χ4n) is 3.08. The number of sulfonamides is 1. The first-order valence-electron chi connectivity index (χ1n) is 9.44. The van der Waals surface area contributed by atoms with Gasteiger partial charge in [-0.1, -0.05) is 55.5 Å². The Bertz CT molecular complexity index is 1100. The van der Waals surface area contributed by atoms with Crippen LogP contribution in [0.25, 0.3) is 0 Å². The third-order valence-electron chi connectivity index (χ3n) is 4.58. The number of aryl methyl sites for hydroxylation is 2. The number of nitrogens with one attached hydrogen (secondary N) is 1. The Morgan fingerprint density at radius 2 is 1.62 bits per heavy atom. The zero-order valence-electron chi connectivity index (χ0n) is 16.5. The Labute approximate surface area is 172 Å². The zero-order chi connectivity index (χ0) is 20.9. The van der Waals surface area contributed by atoms with E-state index < -0.39 is 15.9 Å². The molecule has 0 fully saturated rings. The molecule has 0 aliphatic rings. The second kappa shape index (κ2) is 8.92. The summed E-state index contributed by atoms with van der Waals surface area (Å²) in [7, 11) is -3.91. The van der Waals surface area contributed by atoms with E-state index in [1.54, 1.807) is 48.5 Å². The molecule has 0 heterocycles. The number of para-hydroxylation sites is 2. The fourth-order valence-corrected chi connectivity index (χ4v) is 4.61.